The fourth-order valence-electron chi connectivity index (χ4n) is 3.37. The SMILES string of the molecule is O=C(Nc1ccc(F)cc1)[C@@H]1CCCN(c2nc(Cc3ccc(F)cc3)ns2)C1. The Hall–Kier alpha value is -2.87. The minimum Gasteiger partial charge on any atom is -0.346 e. The quantitative estimate of drug-likeness (QED) is 0.678. The highest BCUT2D eigenvalue weighted by Crippen LogP contribution is 2.26. The van der Waals surface area contributed by atoms with E-state index < -0.39 is 0 Å². The van der Waals surface area contributed by atoms with E-state index in [1.807, 2.05) is 0 Å². The van der Waals surface area contributed by atoms with Crippen LogP contribution in [0.15, 0.2) is 48.5 Å². The lowest BCUT2D eigenvalue weighted by molar-refractivity contribution is -0.120. The van der Waals surface area contributed by atoms with Gasteiger partial charge in [-0.3, -0.25) is 4.79 Å². The molecule has 1 saturated heterocycles. The first-order chi connectivity index (χ1) is 14.1. The third-order valence-corrected chi connectivity index (χ3v) is 5.72. The van der Waals surface area contributed by atoms with Crippen molar-refractivity contribution in [2.45, 2.75) is 19.3 Å². The first-order valence-electron chi connectivity index (χ1n) is 9.45. The fraction of sp³-hybridized carbons (Fsp3) is 0.286. The average molecular weight is 414 g/mol. The Bertz CT molecular complexity index is 975. The molecule has 1 aliphatic heterocycles. The van der Waals surface area contributed by atoms with Crippen molar-refractivity contribution in [3.05, 3.63) is 71.6 Å². The molecular formula is C21H20F2N4OS. The van der Waals surface area contributed by atoms with Gasteiger partial charge >= 0.3 is 0 Å². The third kappa shape index (κ3) is 4.95. The molecular weight excluding hydrogens is 394 g/mol. The van der Waals surface area contributed by atoms with E-state index in [0.717, 1.165) is 30.1 Å². The maximum atomic E-state index is 13.0. The van der Waals surface area contributed by atoms with E-state index in [0.29, 0.717) is 24.5 Å². The van der Waals surface area contributed by atoms with Gasteiger partial charge in [-0.2, -0.15) is 4.37 Å². The summed E-state index contributed by atoms with van der Waals surface area (Å²) in [5.41, 5.74) is 1.54. The van der Waals surface area contributed by atoms with Crippen LogP contribution in [0, 0.1) is 17.6 Å². The number of carbonyl (C=O) groups is 1. The summed E-state index contributed by atoms with van der Waals surface area (Å²) in [6, 6.07) is 12.1. The minimum absolute atomic E-state index is 0.0719. The summed E-state index contributed by atoms with van der Waals surface area (Å²) in [5, 5.41) is 3.65. The van der Waals surface area contributed by atoms with Crippen LogP contribution in [0.25, 0.3) is 0 Å². The molecule has 1 N–H and O–H groups in total. The highest BCUT2D eigenvalue weighted by molar-refractivity contribution is 7.09. The molecule has 1 amide bonds. The van der Waals surface area contributed by atoms with Crippen LogP contribution in [0.3, 0.4) is 0 Å². The molecule has 1 aliphatic rings. The zero-order valence-electron chi connectivity index (χ0n) is 15.6. The fourth-order valence-corrected chi connectivity index (χ4v) is 4.09. The number of carbonyl (C=O) groups excluding carboxylic acids is 1. The zero-order chi connectivity index (χ0) is 20.2. The highest BCUT2D eigenvalue weighted by atomic mass is 32.1. The summed E-state index contributed by atoms with van der Waals surface area (Å²) < 4.78 is 30.5. The Kier molecular flexibility index (Phi) is 5.80. The van der Waals surface area contributed by atoms with Crippen LogP contribution in [0.4, 0.5) is 19.6 Å². The molecule has 2 aromatic carbocycles. The van der Waals surface area contributed by atoms with Crippen molar-refractivity contribution >= 4 is 28.3 Å². The number of rotatable bonds is 5. The average Bonchev–Trinajstić information content (AvgIpc) is 3.20. The van der Waals surface area contributed by atoms with Gasteiger partial charge in [0.2, 0.25) is 11.0 Å². The molecule has 0 bridgehead atoms. The second kappa shape index (κ2) is 8.65. The summed E-state index contributed by atoms with van der Waals surface area (Å²) in [5.74, 6) is -0.149. The number of nitrogens with zero attached hydrogens (tertiary/aromatic N) is 3. The molecule has 3 aromatic rings. The van der Waals surface area contributed by atoms with Crippen molar-refractivity contribution in [3.63, 3.8) is 0 Å². The molecule has 0 aliphatic carbocycles. The van der Waals surface area contributed by atoms with Crippen molar-refractivity contribution < 1.29 is 13.6 Å². The van der Waals surface area contributed by atoms with Crippen LogP contribution in [0.5, 0.6) is 0 Å². The van der Waals surface area contributed by atoms with Gasteiger partial charge < -0.3 is 10.2 Å². The summed E-state index contributed by atoms with van der Waals surface area (Å²) in [7, 11) is 0. The molecule has 1 aromatic heterocycles. The molecule has 0 unspecified atom stereocenters. The molecule has 0 radical (unpaired) electrons. The van der Waals surface area contributed by atoms with Crippen molar-refractivity contribution in [1.29, 1.82) is 0 Å². The highest BCUT2D eigenvalue weighted by Gasteiger charge is 2.27. The zero-order valence-corrected chi connectivity index (χ0v) is 16.5. The van der Waals surface area contributed by atoms with Gasteiger partial charge in [0, 0.05) is 36.7 Å². The van der Waals surface area contributed by atoms with Crippen molar-refractivity contribution in [2.24, 2.45) is 5.92 Å². The van der Waals surface area contributed by atoms with E-state index in [9.17, 15) is 13.6 Å². The van der Waals surface area contributed by atoms with Crippen LogP contribution in [0.1, 0.15) is 24.2 Å². The van der Waals surface area contributed by atoms with Crippen LogP contribution in [-0.2, 0) is 11.2 Å². The first kappa shape index (κ1) is 19.4. The number of benzene rings is 2. The molecule has 8 heteroatoms. The molecule has 1 fully saturated rings. The Balaban J connectivity index is 1.38. The predicted octanol–water partition coefficient (Wildman–Crippen LogP) is 4.26. The van der Waals surface area contributed by atoms with Crippen LogP contribution in [0.2, 0.25) is 0 Å². The van der Waals surface area contributed by atoms with Crippen molar-refractivity contribution in [3.8, 4) is 0 Å². The number of nitrogens with one attached hydrogen (secondary N) is 1. The Labute approximate surface area is 171 Å². The molecule has 2 heterocycles. The van der Waals surface area contributed by atoms with Gasteiger partial charge in [-0.25, -0.2) is 13.8 Å². The third-order valence-electron chi connectivity index (χ3n) is 4.91. The van der Waals surface area contributed by atoms with Gasteiger partial charge in [0.25, 0.3) is 0 Å². The molecule has 29 heavy (non-hydrogen) atoms. The molecule has 0 saturated carbocycles. The van der Waals surface area contributed by atoms with Gasteiger partial charge in [0.1, 0.15) is 17.5 Å². The Morgan fingerprint density at radius 2 is 1.79 bits per heavy atom. The summed E-state index contributed by atoms with van der Waals surface area (Å²) in [6.45, 7) is 1.39. The summed E-state index contributed by atoms with van der Waals surface area (Å²) >= 11 is 1.32. The Morgan fingerprint density at radius 3 is 2.52 bits per heavy atom. The second-order valence-electron chi connectivity index (χ2n) is 7.08. The van der Waals surface area contributed by atoms with E-state index in [2.05, 4.69) is 19.6 Å². The minimum atomic E-state index is -0.334. The normalized spacial score (nSPS) is 16.6. The van der Waals surface area contributed by atoms with Crippen LogP contribution in [-0.4, -0.2) is 28.4 Å². The number of aromatic nitrogens is 2. The van der Waals surface area contributed by atoms with E-state index in [-0.39, 0.29) is 23.5 Å². The lowest BCUT2D eigenvalue weighted by Crippen LogP contribution is -2.40. The molecule has 1 atom stereocenters. The van der Waals surface area contributed by atoms with Crippen LogP contribution < -0.4 is 10.2 Å². The predicted molar refractivity (Wildman–Crippen MR) is 109 cm³/mol. The number of halogens is 2. The number of hydrogen-bond donors (Lipinski definition) is 1. The smallest absolute Gasteiger partial charge is 0.229 e. The lowest BCUT2D eigenvalue weighted by atomic mass is 9.97. The second-order valence-corrected chi connectivity index (χ2v) is 7.81. The van der Waals surface area contributed by atoms with E-state index in [1.165, 1.54) is 35.8 Å². The molecule has 0 spiro atoms. The van der Waals surface area contributed by atoms with Gasteiger partial charge in [-0.1, -0.05) is 12.1 Å². The van der Waals surface area contributed by atoms with Gasteiger partial charge in [-0.15, -0.1) is 0 Å². The van der Waals surface area contributed by atoms with Crippen molar-refractivity contribution in [2.75, 3.05) is 23.3 Å². The maximum absolute atomic E-state index is 13.0. The van der Waals surface area contributed by atoms with E-state index >= 15 is 0 Å². The number of piperidine rings is 1. The topological polar surface area (TPSA) is 58.1 Å². The number of hydrogen-bond acceptors (Lipinski definition) is 5. The van der Waals surface area contributed by atoms with E-state index in [4.69, 9.17) is 0 Å². The maximum Gasteiger partial charge on any atom is 0.229 e. The van der Waals surface area contributed by atoms with E-state index in [1.54, 1.807) is 24.3 Å². The summed E-state index contributed by atoms with van der Waals surface area (Å²) in [4.78, 5) is 19.3. The van der Waals surface area contributed by atoms with Gasteiger partial charge in [-0.05, 0) is 54.8 Å². The lowest BCUT2D eigenvalue weighted by Gasteiger charge is -2.31. The van der Waals surface area contributed by atoms with Gasteiger partial charge in [0.15, 0.2) is 0 Å². The van der Waals surface area contributed by atoms with Crippen molar-refractivity contribution in [1.82, 2.24) is 9.36 Å². The Morgan fingerprint density at radius 1 is 1.10 bits per heavy atom. The number of anilines is 2. The monoisotopic (exact) mass is 414 g/mol. The largest absolute Gasteiger partial charge is 0.346 e. The number of amides is 1. The van der Waals surface area contributed by atoms with Crippen LogP contribution >= 0.6 is 11.5 Å². The van der Waals surface area contributed by atoms with Gasteiger partial charge in [0.05, 0.1) is 5.92 Å². The molecule has 4 rings (SSSR count). The summed E-state index contributed by atoms with van der Waals surface area (Å²) in [6.07, 6.45) is 2.22. The standard InChI is InChI=1S/C21H20F2N4OS/c22-16-5-3-14(4-6-16)12-19-25-21(29-26-19)27-11-1-2-15(13-27)20(28)24-18-9-7-17(23)8-10-18/h3-10,15H,1-2,11-13H2,(H,24,28)/t15-/m1/s1. The molecule has 5 nitrogen and oxygen atoms in total. The molecule has 150 valence electrons. The first-order valence-corrected chi connectivity index (χ1v) is 10.2.